The van der Waals surface area contributed by atoms with Gasteiger partial charge in [-0.15, -0.1) is 29.4 Å². The smallest absolute Gasteiger partial charge is 0.00784 e. The standard InChI is InChI=1S/3HIS.3H3N.H2S/c3*1-2;;;;/h3*2H;3*1H3;1H2. The number of rotatable bonds is 0. The maximum absolute atomic E-state index is 3.50. The largest absolute Gasteiger partial charge is 0.344 e. The molecule has 0 saturated carbocycles. The molecule has 0 saturated heterocycles. The summed E-state index contributed by atoms with van der Waals surface area (Å²) >= 11 is 5.53. The molecule has 74 valence electrons. The van der Waals surface area contributed by atoms with Crippen molar-refractivity contribution < 1.29 is 0 Å². The molecule has 0 aliphatic carbocycles. The Morgan fingerprint density at radius 3 is 0.500 bits per heavy atom. The number of thiol groups is 3. The van der Waals surface area contributed by atoms with E-state index in [1.807, 2.05) is 63.6 Å². The van der Waals surface area contributed by atoms with Gasteiger partial charge in [-0.1, -0.05) is 0 Å². The van der Waals surface area contributed by atoms with E-state index in [1.54, 1.807) is 0 Å². The molecule has 0 aliphatic heterocycles. The molecule has 3 nitrogen and oxygen atoms in total. The van der Waals surface area contributed by atoms with E-state index in [0.29, 0.717) is 0 Å². The Bertz CT molecular complexity index is 15.7. The molecule has 0 aromatic heterocycles. The Morgan fingerprint density at radius 2 is 0.500 bits per heavy atom. The summed E-state index contributed by atoms with van der Waals surface area (Å²) in [6.07, 6.45) is 0. The minimum Gasteiger partial charge on any atom is -0.344 e. The second-order valence-corrected chi connectivity index (χ2v) is 0. The topological polar surface area (TPSA) is 105 Å². The molecule has 0 rings (SSSR count). The quantitative estimate of drug-likeness (QED) is 0.194. The molecule has 0 unspecified atom stereocenters. The zero-order chi connectivity index (χ0) is 6.00. The van der Waals surface area contributed by atoms with Gasteiger partial charge in [-0.25, -0.2) is 0 Å². The lowest BCUT2D eigenvalue weighted by Crippen LogP contribution is -0.482. The third kappa shape index (κ3) is 104. The third-order valence-electron chi connectivity index (χ3n) is 0. The molecule has 0 aromatic carbocycles. The third-order valence-corrected chi connectivity index (χ3v) is 0. The summed E-state index contributed by atoms with van der Waals surface area (Å²) in [5, 5.41) is 0. The van der Waals surface area contributed by atoms with Crippen molar-refractivity contribution in [1.29, 1.82) is 0 Å². The van der Waals surface area contributed by atoms with E-state index < -0.39 is 0 Å². The first kappa shape index (κ1) is 50.0. The van der Waals surface area contributed by atoms with Crippen LogP contribution in [0.15, 0.2) is 0 Å². The van der Waals surface area contributed by atoms with Crippen LogP contribution in [0.25, 0.3) is 0 Å². The SMILES string of the molecule is N.N.N.S.SI.SI.SI. The van der Waals surface area contributed by atoms with Crippen LogP contribution in [0.4, 0.5) is 0 Å². The van der Waals surface area contributed by atoms with Gasteiger partial charge in [0.15, 0.2) is 0 Å². The lowest BCUT2D eigenvalue weighted by atomic mass is 14.0. The van der Waals surface area contributed by atoms with E-state index in [4.69, 9.17) is 0 Å². The van der Waals surface area contributed by atoms with E-state index in [9.17, 15) is 0 Å². The van der Waals surface area contributed by atoms with Crippen molar-refractivity contribution in [2.45, 2.75) is 0 Å². The fraction of sp³-hybridized carbons (Fsp3) is 0. The number of halogens is 3. The Kier molecular flexibility index (Phi) is 682. The van der Waals surface area contributed by atoms with Gasteiger partial charge in [0.2, 0.25) is 0 Å². The summed E-state index contributed by atoms with van der Waals surface area (Å²) < 4.78 is 0. The molecule has 0 amide bonds. The highest BCUT2D eigenvalue weighted by Gasteiger charge is 0.948. The molecular weight excluding hydrogens is 551 g/mol. The minimum absolute atomic E-state index is 0. The average Bonchev–Trinajstić information content (AvgIpc) is 1.81. The highest BCUT2D eigenvalue weighted by Crippen LogP contribution is 1.78. The van der Waals surface area contributed by atoms with Crippen LogP contribution in [-0.2, 0) is 0 Å². The molecule has 10 heteroatoms. The highest BCUT2D eigenvalue weighted by molar-refractivity contribution is 14.2. The van der Waals surface area contributed by atoms with Crippen LogP contribution in [0, 0.1) is 0 Å². The van der Waals surface area contributed by atoms with Crippen LogP contribution in [0.5, 0.6) is 0 Å². The molecule has 0 aliphatic rings. The summed E-state index contributed by atoms with van der Waals surface area (Å²) in [7, 11) is 10.5. The fourth-order valence-electron chi connectivity index (χ4n) is 0. The Labute approximate surface area is 123 Å². The molecule has 0 atom stereocenters. The first-order valence-corrected chi connectivity index (χ1v) is 10.2. The Balaban J connectivity index is -0.00000000225. The van der Waals surface area contributed by atoms with Crippen LogP contribution < -0.4 is 18.5 Å². The highest BCUT2D eigenvalue weighted by atomic mass is 127. The molecule has 0 spiro atoms. The lowest BCUT2D eigenvalue weighted by Gasteiger charge is -1.06. The maximum Gasteiger partial charge on any atom is -0.00784 e. The summed E-state index contributed by atoms with van der Waals surface area (Å²) in [4.78, 5) is 0. The zero-order valence-corrected chi connectivity index (χ0v) is 15.3. The Hall–Kier alpha value is 3.47. The molecule has 10 heavy (non-hydrogen) atoms. The van der Waals surface area contributed by atoms with Crippen molar-refractivity contribution in [3.63, 3.8) is 0 Å². The molecule has 0 radical (unpaired) electrons. The van der Waals surface area contributed by atoms with Gasteiger partial charge in [0, 0.05) is 0 Å². The molecular formula is H14I3N3S4. The summed E-state index contributed by atoms with van der Waals surface area (Å²) in [6.45, 7) is 0. The average molecular weight is 565 g/mol. The second kappa shape index (κ2) is 136. The van der Waals surface area contributed by atoms with Gasteiger partial charge in [-0.2, -0.15) is 13.5 Å². The van der Waals surface area contributed by atoms with E-state index in [2.05, 4.69) is 29.4 Å². The molecule has 0 heterocycles. The van der Waals surface area contributed by atoms with Gasteiger partial charge in [0.25, 0.3) is 0 Å². The summed E-state index contributed by atoms with van der Waals surface area (Å²) in [5.41, 5.74) is 0. The zero-order valence-electron chi connectivity index (χ0n) is 5.10. The van der Waals surface area contributed by atoms with Crippen LogP contribution in [0.1, 0.15) is 0 Å². The summed E-state index contributed by atoms with van der Waals surface area (Å²) in [5.74, 6) is 0. The first-order valence-electron chi connectivity index (χ1n) is 0.507. The lowest BCUT2D eigenvalue weighted by molar-refractivity contribution is 2.13. The van der Waals surface area contributed by atoms with E-state index in [-0.39, 0.29) is 31.9 Å². The minimum atomic E-state index is 0. The van der Waals surface area contributed by atoms with Crippen LogP contribution in [0.3, 0.4) is 0 Å². The monoisotopic (exact) mass is 565 g/mol. The van der Waals surface area contributed by atoms with Crippen molar-refractivity contribution >= 4 is 107 Å². The van der Waals surface area contributed by atoms with Crippen molar-refractivity contribution in [2.75, 3.05) is 0 Å². The van der Waals surface area contributed by atoms with Gasteiger partial charge in [0.1, 0.15) is 0 Å². The van der Waals surface area contributed by atoms with E-state index in [0.717, 1.165) is 0 Å². The van der Waals surface area contributed by atoms with Gasteiger partial charge < -0.3 is 18.5 Å². The van der Waals surface area contributed by atoms with Crippen molar-refractivity contribution in [2.24, 2.45) is 0 Å². The number of hydrogen-bond donors (Lipinski definition) is 6. The van der Waals surface area contributed by atoms with Crippen molar-refractivity contribution in [3.8, 4) is 0 Å². The van der Waals surface area contributed by atoms with E-state index in [1.165, 1.54) is 0 Å². The Morgan fingerprint density at radius 1 is 0.500 bits per heavy atom. The van der Waals surface area contributed by atoms with Gasteiger partial charge in [-0.3, -0.25) is 0 Å². The van der Waals surface area contributed by atoms with Crippen LogP contribution in [0.2, 0.25) is 0 Å². The predicted molar refractivity (Wildman–Crippen MR) is 94.5 cm³/mol. The van der Waals surface area contributed by atoms with Gasteiger partial charge in [-0.05, 0) is 63.6 Å². The van der Waals surface area contributed by atoms with Crippen LogP contribution >= 0.6 is 107 Å². The fourth-order valence-corrected chi connectivity index (χ4v) is 0. The van der Waals surface area contributed by atoms with Gasteiger partial charge in [0.05, 0.1) is 0 Å². The first-order chi connectivity index (χ1) is 3.00. The normalized spacial score (nSPS) is 1.80. The second-order valence-electron chi connectivity index (χ2n) is 0. The molecule has 0 bridgehead atoms. The van der Waals surface area contributed by atoms with Crippen molar-refractivity contribution in [1.82, 2.24) is 18.5 Å². The molecule has 0 fully saturated rings. The summed E-state index contributed by atoms with van der Waals surface area (Å²) in [6, 6.07) is 0. The molecule has 0 aromatic rings. The van der Waals surface area contributed by atoms with Crippen LogP contribution in [-0.4, -0.2) is 0 Å². The number of hydrogen-bond acceptors (Lipinski definition) is 6. The predicted octanol–water partition coefficient (Wildman–Crippen LogP) is 4.40. The maximum atomic E-state index is 3.50. The van der Waals surface area contributed by atoms with Gasteiger partial charge >= 0.3 is 0 Å². The van der Waals surface area contributed by atoms with E-state index >= 15 is 0 Å². The molecule has 9 N–H and O–H groups in total. The van der Waals surface area contributed by atoms with Crippen molar-refractivity contribution in [3.05, 3.63) is 0 Å².